The summed E-state index contributed by atoms with van der Waals surface area (Å²) in [6.07, 6.45) is 5.53. The van der Waals surface area contributed by atoms with Crippen molar-refractivity contribution in [2.45, 2.75) is 32.9 Å². The minimum Gasteiger partial charge on any atom is -0.494 e. The third-order valence-corrected chi connectivity index (χ3v) is 6.37. The van der Waals surface area contributed by atoms with Crippen molar-refractivity contribution in [1.29, 1.82) is 0 Å². The Bertz CT molecular complexity index is 1160. The second kappa shape index (κ2) is 9.24. The van der Waals surface area contributed by atoms with Gasteiger partial charge in [-0.15, -0.1) is 0 Å². The standard InChI is InChI=1S/C24H27BrN4O2/c1-16(2)17-5-7-18(8-6-17)24-27-22-21(25)19(14-28-10-9-26-15-28)13-20(31-4)23(22)29(24)11-12-30-3/h5-10,13,15-16H,11-12,14H2,1-4H3. The molecule has 162 valence electrons. The van der Waals surface area contributed by atoms with Crippen LogP contribution in [0.3, 0.4) is 0 Å². The zero-order valence-corrected chi connectivity index (χ0v) is 19.9. The van der Waals surface area contributed by atoms with Crippen molar-refractivity contribution in [3.8, 4) is 17.1 Å². The van der Waals surface area contributed by atoms with Crippen LogP contribution in [-0.2, 0) is 17.8 Å². The molecule has 0 amide bonds. The molecule has 2 aromatic heterocycles. The second-order valence-corrected chi connectivity index (χ2v) is 8.63. The number of aromatic nitrogens is 4. The van der Waals surface area contributed by atoms with Gasteiger partial charge in [-0.3, -0.25) is 0 Å². The number of nitrogens with zero attached hydrogens (tertiary/aromatic N) is 4. The normalized spacial score (nSPS) is 11.5. The van der Waals surface area contributed by atoms with Gasteiger partial charge in [0.1, 0.15) is 22.6 Å². The molecule has 0 unspecified atom stereocenters. The topological polar surface area (TPSA) is 54.1 Å². The lowest BCUT2D eigenvalue weighted by Gasteiger charge is -2.14. The fourth-order valence-corrected chi connectivity index (χ4v) is 4.30. The predicted molar refractivity (Wildman–Crippen MR) is 127 cm³/mol. The van der Waals surface area contributed by atoms with Gasteiger partial charge in [-0.05, 0) is 39.0 Å². The van der Waals surface area contributed by atoms with Crippen LogP contribution in [0.5, 0.6) is 5.75 Å². The molecule has 0 aliphatic rings. The van der Waals surface area contributed by atoms with E-state index in [-0.39, 0.29) is 0 Å². The molecule has 6 nitrogen and oxygen atoms in total. The third kappa shape index (κ3) is 4.25. The molecule has 0 aliphatic carbocycles. The van der Waals surface area contributed by atoms with Gasteiger partial charge in [-0.2, -0.15) is 0 Å². The monoisotopic (exact) mass is 482 g/mol. The quantitative estimate of drug-likeness (QED) is 0.333. The highest BCUT2D eigenvalue weighted by molar-refractivity contribution is 9.10. The van der Waals surface area contributed by atoms with E-state index < -0.39 is 0 Å². The SMILES string of the molecule is COCCn1c(-c2ccc(C(C)C)cc2)nc2c(Br)c(Cn3ccnc3)cc(OC)c21. The van der Waals surface area contributed by atoms with Gasteiger partial charge in [0, 0.05) is 38.2 Å². The molecule has 0 fully saturated rings. The number of fused-ring (bicyclic) bond motifs is 1. The third-order valence-electron chi connectivity index (χ3n) is 5.48. The largest absolute Gasteiger partial charge is 0.494 e. The van der Waals surface area contributed by atoms with Gasteiger partial charge >= 0.3 is 0 Å². The summed E-state index contributed by atoms with van der Waals surface area (Å²) in [6.45, 7) is 6.34. The van der Waals surface area contributed by atoms with Crippen LogP contribution in [0.2, 0.25) is 0 Å². The van der Waals surface area contributed by atoms with E-state index in [1.165, 1.54) is 5.56 Å². The minimum atomic E-state index is 0.487. The van der Waals surface area contributed by atoms with Crippen molar-refractivity contribution in [2.75, 3.05) is 20.8 Å². The molecule has 0 radical (unpaired) electrons. The van der Waals surface area contributed by atoms with E-state index >= 15 is 0 Å². The number of rotatable bonds is 8. The van der Waals surface area contributed by atoms with E-state index in [9.17, 15) is 0 Å². The fraction of sp³-hybridized carbons (Fsp3) is 0.333. The highest BCUT2D eigenvalue weighted by Gasteiger charge is 2.21. The van der Waals surface area contributed by atoms with Gasteiger partial charge in [0.2, 0.25) is 0 Å². The molecule has 4 rings (SSSR count). The van der Waals surface area contributed by atoms with Crippen LogP contribution in [0.15, 0.2) is 53.5 Å². The summed E-state index contributed by atoms with van der Waals surface area (Å²) < 4.78 is 16.4. The van der Waals surface area contributed by atoms with Crippen LogP contribution < -0.4 is 4.74 Å². The van der Waals surface area contributed by atoms with E-state index in [1.807, 2.05) is 17.1 Å². The maximum atomic E-state index is 5.82. The molecule has 0 spiro atoms. The maximum absolute atomic E-state index is 5.82. The lowest BCUT2D eigenvalue weighted by molar-refractivity contribution is 0.188. The van der Waals surface area contributed by atoms with Crippen molar-refractivity contribution in [3.63, 3.8) is 0 Å². The first-order valence-electron chi connectivity index (χ1n) is 10.3. The lowest BCUT2D eigenvalue weighted by atomic mass is 10.0. The predicted octanol–water partition coefficient (Wildman–Crippen LogP) is 5.49. The first kappa shape index (κ1) is 21.6. The Balaban J connectivity index is 1.90. The summed E-state index contributed by atoms with van der Waals surface area (Å²) in [5, 5.41) is 0. The van der Waals surface area contributed by atoms with Gasteiger partial charge in [0.05, 0.1) is 24.5 Å². The molecule has 31 heavy (non-hydrogen) atoms. The minimum absolute atomic E-state index is 0.487. The molecular weight excluding hydrogens is 456 g/mol. The van der Waals surface area contributed by atoms with E-state index in [4.69, 9.17) is 14.5 Å². The van der Waals surface area contributed by atoms with Crippen molar-refractivity contribution >= 4 is 27.0 Å². The first-order chi connectivity index (χ1) is 15.0. The number of imidazole rings is 2. The number of halogens is 1. The molecular formula is C24H27BrN4O2. The zero-order valence-electron chi connectivity index (χ0n) is 18.3. The Hall–Kier alpha value is -2.64. The summed E-state index contributed by atoms with van der Waals surface area (Å²) in [6, 6.07) is 10.7. The zero-order chi connectivity index (χ0) is 22.0. The smallest absolute Gasteiger partial charge is 0.145 e. The fourth-order valence-electron chi connectivity index (χ4n) is 3.78. The van der Waals surface area contributed by atoms with Crippen LogP contribution in [0.4, 0.5) is 0 Å². The number of benzene rings is 2. The number of hydrogen-bond acceptors (Lipinski definition) is 4. The molecule has 0 N–H and O–H groups in total. The van der Waals surface area contributed by atoms with E-state index in [1.54, 1.807) is 20.4 Å². The number of ether oxygens (including phenoxy) is 2. The Morgan fingerprint density at radius 1 is 1.13 bits per heavy atom. The Morgan fingerprint density at radius 3 is 2.52 bits per heavy atom. The van der Waals surface area contributed by atoms with Crippen LogP contribution in [0.1, 0.15) is 30.9 Å². The molecule has 2 aromatic carbocycles. The lowest BCUT2D eigenvalue weighted by Crippen LogP contribution is -2.07. The van der Waals surface area contributed by atoms with Gasteiger partial charge in [0.15, 0.2) is 0 Å². The van der Waals surface area contributed by atoms with Crippen molar-refractivity contribution in [2.24, 2.45) is 0 Å². The van der Waals surface area contributed by atoms with Crippen LogP contribution >= 0.6 is 15.9 Å². The van der Waals surface area contributed by atoms with Crippen molar-refractivity contribution < 1.29 is 9.47 Å². The van der Waals surface area contributed by atoms with Crippen LogP contribution in [-0.4, -0.2) is 39.9 Å². The Morgan fingerprint density at radius 2 is 1.90 bits per heavy atom. The summed E-state index contributed by atoms with van der Waals surface area (Å²) in [4.78, 5) is 9.21. The molecule has 0 saturated carbocycles. The molecule has 2 heterocycles. The van der Waals surface area contributed by atoms with Gasteiger partial charge in [-0.1, -0.05) is 38.1 Å². The van der Waals surface area contributed by atoms with Crippen LogP contribution in [0.25, 0.3) is 22.4 Å². The van der Waals surface area contributed by atoms with E-state index in [0.717, 1.165) is 38.2 Å². The summed E-state index contributed by atoms with van der Waals surface area (Å²) in [5.74, 6) is 2.18. The van der Waals surface area contributed by atoms with Crippen LogP contribution in [0, 0.1) is 0 Å². The Kier molecular flexibility index (Phi) is 6.43. The average molecular weight is 483 g/mol. The Labute approximate surface area is 191 Å². The summed E-state index contributed by atoms with van der Waals surface area (Å²) in [7, 11) is 3.42. The van der Waals surface area contributed by atoms with Crippen molar-refractivity contribution in [1.82, 2.24) is 19.1 Å². The molecule has 0 atom stereocenters. The second-order valence-electron chi connectivity index (χ2n) is 7.84. The highest BCUT2D eigenvalue weighted by atomic mass is 79.9. The van der Waals surface area contributed by atoms with Crippen molar-refractivity contribution in [3.05, 3.63) is 64.7 Å². The summed E-state index contributed by atoms with van der Waals surface area (Å²) in [5.41, 5.74) is 5.31. The average Bonchev–Trinajstić information content (AvgIpc) is 3.42. The number of hydrogen-bond donors (Lipinski definition) is 0. The molecule has 0 saturated heterocycles. The molecule has 7 heteroatoms. The first-order valence-corrected chi connectivity index (χ1v) is 11.1. The molecule has 4 aromatic rings. The highest BCUT2D eigenvalue weighted by Crippen LogP contribution is 2.38. The number of methoxy groups -OCH3 is 2. The van der Waals surface area contributed by atoms with Gasteiger partial charge < -0.3 is 18.6 Å². The van der Waals surface area contributed by atoms with E-state index in [2.05, 4.69) is 69.7 Å². The van der Waals surface area contributed by atoms with Gasteiger partial charge in [-0.25, -0.2) is 9.97 Å². The summed E-state index contributed by atoms with van der Waals surface area (Å²) >= 11 is 3.81. The molecule has 0 bridgehead atoms. The molecule has 0 aliphatic heterocycles. The maximum Gasteiger partial charge on any atom is 0.145 e. The van der Waals surface area contributed by atoms with Gasteiger partial charge in [0.25, 0.3) is 0 Å². The van der Waals surface area contributed by atoms with E-state index in [0.29, 0.717) is 25.6 Å².